The Balaban J connectivity index is 0.00000201. The third-order valence-corrected chi connectivity index (χ3v) is 30.8. The van der Waals surface area contributed by atoms with Crippen LogP contribution in [0.5, 0.6) is 0 Å². The average Bonchev–Trinajstić information content (AvgIpc) is 1.70. The number of Topliss-reactive ketones (excluding diaryl/α,β-unsaturated/α-hetero) is 6. The van der Waals surface area contributed by atoms with Gasteiger partial charge in [0.15, 0.2) is 0 Å². The molecule has 0 saturated carbocycles. The Hall–Kier alpha value is -4.83. The number of unbranched alkanes of at least 4 members (excludes halogenated alkanes) is 69. The summed E-state index contributed by atoms with van der Waals surface area (Å²) >= 11 is 0. The van der Waals surface area contributed by atoms with Gasteiger partial charge < -0.3 is 33.2 Å². The third-order valence-electron chi connectivity index (χ3n) is 30.8. The number of epoxide rings is 2. The minimum absolute atomic E-state index is 0. The predicted molar refractivity (Wildman–Crippen MR) is 630 cm³/mol. The first-order valence-corrected chi connectivity index (χ1v) is 64.7. The van der Waals surface area contributed by atoms with Crippen molar-refractivity contribution >= 4 is 53.0 Å². The third kappa shape index (κ3) is 101. The lowest BCUT2D eigenvalue weighted by atomic mass is 9.98. The maximum atomic E-state index is 12.3. The number of cyclic esters (lactones) is 4. The Labute approximate surface area is 920 Å². The summed E-state index contributed by atoms with van der Waals surface area (Å²) in [5, 5.41) is 0. The van der Waals surface area contributed by atoms with Crippen LogP contribution in [0.4, 0.5) is 9.59 Å². The summed E-state index contributed by atoms with van der Waals surface area (Å²) < 4.78 is 37.9. The summed E-state index contributed by atoms with van der Waals surface area (Å²) in [5.41, 5.74) is 0. The molecule has 0 aliphatic carbocycles. The van der Waals surface area contributed by atoms with Gasteiger partial charge in [0, 0.05) is 44.9 Å². The number of ether oxygens (including phenoxy) is 7. The summed E-state index contributed by atoms with van der Waals surface area (Å²) in [5.74, 6) is 0.666. The molecule has 149 heavy (non-hydrogen) atoms. The smallest absolute Gasteiger partial charge is 0.469 e. The molecule has 4 aliphatic rings. The highest BCUT2D eigenvalue weighted by atomic mass is 16.8. The molecular weight excluding hydrogens is 1850 g/mol. The molecule has 0 spiro atoms. The molecule has 0 aromatic heterocycles. The number of ketones is 6. The van der Waals surface area contributed by atoms with Crippen LogP contribution in [-0.4, -0.2) is 109 Å². The average molecular weight is 2100 g/mol. The van der Waals surface area contributed by atoms with E-state index >= 15 is 0 Å². The molecular formula is C133H244O16. The van der Waals surface area contributed by atoms with Crippen LogP contribution >= 0.6 is 0 Å². The van der Waals surface area contributed by atoms with Gasteiger partial charge in [0.05, 0.1) is 50.8 Å². The van der Waals surface area contributed by atoms with Gasteiger partial charge in [0.1, 0.15) is 59.1 Å². The van der Waals surface area contributed by atoms with Crippen molar-refractivity contribution in [2.75, 3.05) is 7.11 Å². The van der Waals surface area contributed by atoms with Crippen LogP contribution in [-0.2, 0) is 66.7 Å². The van der Waals surface area contributed by atoms with Crippen LogP contribution < -0.4 is 0 Å². The lowest BCUT2D eigenvalue weighted by Crippen LogP contribution is -2.22. The first kappa shape index (κ1) is 144. The Morgan fingerprint density at radius 2 is 0.322 bits per heavy atom. The topological polar surface area (TPSA) is 225 Å². The number of carbonyl (C=O) groups excluding carboxylic acids is 9. The number of hydrogen-bond acceptors (Lipinski definition) is 16. The number of carbonyl (C=O) groups is 9. The molecule has 16 heteroatoms. The SMILES string of the molecule is C.CCCCCCCC/C=C\CCCCCCCC(=O)CC(=O)CCCCCCC/C=C\CCCCCCCC.CCCCCCCC/C=C\CCCCCCCC(=O)OC.CCCCCCCCC1OC(=O)OC1CCCCCCCC(=O)CC(=O)CCCCCCCC1OC(=O)OC1CCCCCCCC.CCCCCCCCC1OC1CCCCCCCC(=O)CC(=O)CCCCCCCC1OC1CCCCCCCC. The molecule has 872 valence electrons. The standard InChI is InChI=1S/C39H68O8.C37H68O4.C37H68O2.C19H36O2.CH4/c1-3-5-7-9-15-21-27-34-36(46-38(42)44-34)29-23-17-11-13-19-25-32(40)31-33(41)26-20-14-12-18-24-30-37-35(45-39(43)47-37)28-22-16-10-8-6-4-2;1-3-5-7-9-15-21-27-34-36(40-34)29-23-17-11-13-19-25-32(38)31-33(39)26-20-14-12-18-24-30-37-35(41-37)28-22-16-10-8-6-4-2;1-3-5-7-9-11-13-15-17-19-21-23-25-27-29-31-33-36(38)35-37(39)34-32-30-28-26-24-22-20-18-16-14-12-10-8-6-4-2;1-3-4-5-6-7-8-9-10-11-12-13-14-15-16-17-18-19(20)21-2;/h34-37H,3-31H2,1-2H3;34-37H,3-31H2,1-2H3;17-20H,3-16,21-35H2,1-2H3;10-11H,3-9,12-18H2,1-2H3;1H4/b;;19-17-,20-18-;11-10-;. The molecule has 0 aromatic rings. The number of hydrogen-bond donors (Lipinski definition) is 0. The molecule has 4 aliphatic heterocycles. The van der Waals surface area contributed by atoms with Gasteiger partial charge in [-0.15, -0.1) is 0 Å². The van der Waals surface area contributed by atoms with E-state index in [4.69, 9.17) is 28.4 Å². The molecule has 0 N–H and O–H groups in total. The molecule has 4 saturated heterocycles. The first-order valence-electron chi connectivity index (χ1n) is 64.7. The number of rotatable bonds is 111. The van der Waals surface area contributed by atoms with E-state index in [1.807, 2.05) is 0 Å². The zero-order valence-corrected chi connectivity index (χ0v) is 98.5. The van der Waals surface area contributed by atoms with Crippen molar-refractivity contribution < 1.29 is 76.3 Å². The van der Waals surface area contributed by atoms with Crippen LogP contribution in [0.15, 0.2) is 36.5 Å². The second-order valence-electron chi connectivity index (χ2n) is 45.3. The van der Waals surface area contributed by atoms with Crippen LogP contribution in [0.2, 0.25) is 0 Å². The van der Waals surface area contributed by atoms with Crippen LogP contribution in [0, 0.1) is 0 Å². The minimum Gasteiger partial charge on any atom is -0.469 e. The van der Waals surface area contributed by atoms with E-state index in [1.165, 1.54) is 424 Å². The maximum absolute atomic E-state index is 12.3. The largest absolute Gasteiger partial charge is 0.509 e. The highest BCUT2D eigenvalue weighted by molar-refractivity contribution is 6.00. The second-order valence-corrected chi connectivity index (χ2v) is 45.3. The Morgan fingerprint density at radius 3 is 0.483 bits per heavy atom. The number of methoxy groups -OCH3 is 1. The van der Waals surface area contributed by atoms with Crippen molar-refractivity contribution in [1.29, 1.82) is 0 Å². The van der Waals surface area contributed by atoms with Crippen molar-refractivity contribution in [3.63, 3.8) is 0 Å². The zero-order chi connectivity index (χ0) is 107. The van der Waals surface area contributed by atoms with E-state index < -0.39 is 12.3 Å². The Bertz CT molecular complexity index is 2930. The van der Waals surface area contributed by atoms with E-state index in [0.29, 0.717) is 69.4 Å². The fourth-order valence-corrected chi connectivity index (χ4v) is 20.9. The summed E-state index contributed by atoms with van der Waals surface area (Å²) in [6, 6.07) is 0. The molecule has 4 fully saturated rings. The highest BCUT2D eigenvalue weighted by Crippen LogP contribution is 2.35. The molecule has 8 unspecified atom stereocenters. The summed E-state index contributed by atoms with van der Waals surface area (Å²) in [4.78, 5) is 107. The molecule has 4 rings (SSSR count). The van der Waals surface area contributed by atoms with Gasteiger partial charge in [-0.2, -0.15) is 0 Å². The van der Waals surface area contributed by atoms with Gasteiger partial charge in [-0.3, -0.25) is 33.6 Å². The van der Waals surface area contributed by atoms with Crippen LogP contribution in [0.1, 0.15) is 704 Å². The monoisotopic (exact) mass is 2100 g/mol. The number of allylic oxidation sites excluding steroid dienone is 6. The summed E-state index contributed by atoms with van der Waals surface area (Å²) in [6.07, 6.45) is 129. The van der Waals surface area contributed by atoms with E-state index in [9.17, 15) is 43.2 Å². The summed E-state index contributed by atoms with van der Waals surface area (Å²) in [7, 11) is 1.46. The minimum atomic E-state index is -0.522. The van der Waals surface area contributed by atoms with E-state index in [1.54, 1.807) is 0 Å². The zero-order valence-electron chi connectivity index (χ0n) is 98.5. The van der Waals surface area contributed by atoms with Gasteiger partial charge >= 0.3 is 18.3 Å². The van der Waals surface area contributed by atoms with Crippen molar-refractivity contribution in [2.24, 2.45) is 0 Å². The molecule has 16 nitrogen and oxygen atoms in total. The van der Waals surface area contributed by atoms with Crippen molar-refractivity contribution in [1.82, 2.24) is 0 Å². The molecule has 0 bridgehead atoms. The second kappa shape index (κ2) is 113. The Kier molecular flexibility index (Phi) is 109. The molecule has 0 radical (unpaired) electrons. The predicted octanol–water partition coefficient (Wildman–Crippen LogP) is 41.7. The van der Waals surface area contributed by atoms with Crippen molar-refractivity contribution in [3.8, 4) is 0 Å². The van der Waals surface area contributed by atoms with Crippen molar-refractivity contribution in [3.05, 3.63) is 36.5 Å². The maximum Gasteiger partial charge on any atom is 0.509 e. The van der Waals surface area contributed by atoms with E-state index in [2.05, 4.69) is 89.7 Å². The first-order chi connectivity index (χ1) is 72.6. The van der Waals surface area contributed by atoms with Gasteiger partial charge in [0.25, 0.3) is 0 Å². The van der Waals surface area contributed by atoms with Crippen LogP contribution in [0.3, 0.4) is 0 Å². The van der Waals surface area contributed by atoms with Gasteiger partial charge in [-0.05, 0) is 199 Å². The normalized spacial score (nSPS) is 17.0. The molecule has 0 aromatic carbocycles. The molecule has 0 amide bonds. The fourth-order valence-electron chi connectivity index (χ4n) is 20.9. The Morgan fingerprint density at radius 1 is 0.188 bits per heavy atom. The lowest BCUT2D eigenvalue weighted by molar-refractivity contribution is -0.141. The van der Waals surface area contributed by atoms with Gasteiger partial charge in [0.2, 0.25) is 0 Å². The summed E-state index contributed by atoms with van der Waals surface area (Å²) in [6.45, 7) is 15.8. The van der Waals surface area contributed by atoms with Crippen molar-refractivity contribution in [2.45, 2.75) is 753 Å². The van der Waals surface area contributed by atoms with Gasteiger partial charge in [-0.25, -0.2) is 9.59 Å². The molecule has 8 atom stereocenters. The highest BCUT2D eigenvalue weighted by Gasteiger charge is 2.39. The quantitative estimate of drug-likeness (QED) is 0.0138. The number of esters is 1. The fraction of sp³-hybridized carbons (Fsp3) is 0.887. The van der Waals surface area contributed by atoms with Crippen LogP contribution in [0.25, 0.3) is 0 Å². The molecule has 4 heterocycles. The van der Waals surface area contributed by atoms with E-state index in [-0.39, 0.29) is 91.8 Å². The lowest BCUT2D eigenvalue weighted by Gasteiger charge is -2.15. The van der Waals surface area contributed by atoms with Gasteiger partial charge in [-0.1, -0.05) is 478 Å². The van der Waals surface area contributed by atoms with E-state index in [0.717, 1.165) is 167 Å².